The van der Waals surface area contributed by atoms with Gasteiger partial charge in [-0.2, -0.15) is 5.26 Å². The number of piperidine rings is 1. The van der Waals surface area contributed by atoms with E-state index in [0.29, 0.717) is 17.3 Å². The molecule has 5 heteroatoms. The molecule has 5 nitrogen and oxygen atoms in total. The lowest BCUT2D eigenvalue weighted by Gasteiger charge is -2.40. The summed E-state index contributed by atoms with van der Waals surface area (Å²) in [5.41, 5.74) is 3.58. The van der Waals surface area contributed by atoms with Gasteiger partial charge in [-0.3, -0.25) is 14.7 Å². The first-order valence-electron chi connectivity index (χ1n) is 10.5. The number of amides is 1. The molecule has 0 radical (unpaired) electrons. The number of rotatable bonds is 3. The first-order chi connectivity index (χ1) is 14.0. The standard InChI is InChI=1S/C24H28N4O/c1-24(2,17-25)22-8-7-19(15-26-22)23(29)27-13-10-21(11-14-27)28-12-9-18-5-3-4-6-20(18)16-28/h3-8,15,21H,9-14,16H2,1-2H3. The number of hydrogen-bond acceptors (Lipinski definition) is 4. The van der Waals surface area contributed by atoms with E-state index >= 15 is 0 Å². The molecule has 0 unspecified atom stereocenters. The number of nitriles is 1. The summed E-state index contributed by atoms with van der Waals surface area (Å²) in [6.07, 6.45) is 4.76. The van der Waals surface area contributed by atoms with Gasteiger partial charge in [0, 0.05) is 38.4 Å². The molecule has 0 spiro atoms. The molecule has 1 fully saturated rings. The van der Waals surface area contributed by atoms with Crippen LogP contribution in [0, 0.1) is 11.3 Å². The van der Waals surface area contributed by atoms with Gasteiger partial charge in [-0.15, -0.1) is 0 Å². The Kier molecular flexibility index (Phi) is 5.38. The molecule has 150 valence electrons. The van der Waals surface area contributed by atoms with Crippen molar-refractivity contribution < 1.29 is 4.79 Å². The molecule has 1 aromatic heterocycles. The Balaban J connectivity index is 1.35. The summed E-state index contributed by atoms with van der Waals surface area (Å²) in [6.45, 7) is 7.37. The summed E-state index contributed by atoms with van der Waals surface area (Å²) in [5.74, 6) is 0.0428. The summed E-state index contributed by atoms with van der Waals surface area (Å²) in [5, 5.41) is 9.25. The molecule has 4 rings (SSSR count). The average molecular weight is 389 g/mol. The maximum atomic E-state index is 12.9. The number of pyridine rings is 1. The number of fused-ring (bicyclic) bond motifs is 1. The highest BCUT2D eigenvalue weighted by Gasteiger charge is 2.29. The van der Waals surface area contributed by atoms with E-state index in [4.69, 9.17) is 0 Å². The third-order valence-electron chi connectivity index (χ3n) is 6.36. The highest BCUT2D eigenvalue weighted by molar-refractivity contribution is 5.94. The normalized spacial score (nSPS) is 18.2. The lowest BCUT2D eigenvalue weighted by Crippen LogP contribution is -2.48. The first kappa shape index (κ1) is 19.6. The molecule has 1 amide bonds. The van der Waals surface area contributed by atoms with Gasteiger partial charge in [-0.05, 0) is 56.4 Å². The third kappa shape index (κ3) is 4.04. The molecule has 29 heavy (non-hydrogen) atoms. The van der Waals surface area contributed by atoms with Crippen LogP contribution in [0.5, 0.6) is 0 Å². The second-order valence-electron chi connectivity index (χ2n) is 8.68. The number of nitrogens with zero attached hydrogens (tertiary/aromatic N) is 4. The zero-order chi connectivity index (χ0) is 20.4. The first-order valence-corrected chi connectivity index (χ1v) is 10.5. The van der Waals surface area contributed by atoms with Gasteiger partial charge in [0.15, 0.2) is 0 Å². The highest BCUT2D eigenvalue weighted by Crippen LogP contribution is 2.26. The van der Waals surface area contributed by atoms with Crippen molar-refractivity contribution >= 4 is 5.91 Å². The minimum Gasteiger partial charge on any atom is -0.338 e. The van der Waals surface area contributed by atoms with E-state index in [2.05, 4.69) is 40.2 Å². The summed E-state index contributed by atoms with van der Waals surface area (Å²) >= 11 is 0. The van der Waals surface area contributed by atoms with Crippen molar-refractivity contribution in [2.24, 2.45) is 0 Å². The quantitative estimate of drug-likeness (QED) is 0.807. The minimum absolute atomic E-state index is 0.0428. The Morgan fingerprint density at radius 1 is 1.10 bits per heavy atom. The Hall–Kier alpha value is -2.71. The van der Waals surface area contributed by atoms with E-state index in [0.717, 1.165) is 45.4 Å². The van der Waals surface area contributed by atoms with Crippen molar-refractivity contribution in [3.05, 3.63) is 65.0 Å². The number of carbonyl (C=O) groups excluding carboxylic acids is 1. The van der Waals surface area contributed by atoms with Crippen molar-refractivity contribution in [1.29, 1.82) is 5.26 Å². The van der Waals surface area contributed by atoms with E-state index in [1.807, 2.05) is 18.7 Å². The average Bonchev–Trinajstić information content (AvgIpc) is 2.78. The molecule has 2 aliphatic heterocycles. The number of hydrogen-bond donors (Lipinski definition) is 0. The topological polar surface area (TPSA) is 60.2 Å². The number of carbonyl (C=O) groups is 1. The van der Waals surface area contributed by atoms with Crippen molar-refractivity contribution in [1.82, 2.24) is 14.8 Å². The highest BCUT2D eigenvalue weighted by atomic mass is 16.2. The van der Waals surface area contributed by atoms with Gasteiger partial charge in [0.25, 0.3) is 5.91 Å². The van der Waals surface area contributed by atoms with Crippen molar-refractivity contribution in [3.8, 4) is 6.07 Å². The Morgan fingerprint density at radius 2 is 1.83 bits per heavy atom. The summed E-state index contributed by atoms with van der Waals surface area (Å²) in [4.78, 5) is 21.8. The largest absolute Gasteiger partial charge is 0.338 e. The van der Waals surface area contributed by atoms with Crippen molar-refractivity contribution in [2.45, 2.75) is 51.1 Å². The van der Waals surface area contributed by atoms with E-state index in [1.165, 1.54) is 11.1 Å². The monoisotopic (exact) mass is 388 g/mol. The van der Waals surface area contributed by atoms with Crippen LogP contribution in [0.1, 0.15) is 53.9 Å². The van der Waals surface area contributed by atoms with Gasteiger partial charge in [0.2, 0.25) is 0 Å². The van der Waals surface area contributed by atoms with Crippen LogP contribution < -0.4 is 0 Å². The van der Waals surface area contributed by atoms with E-state index in [-0.39, 0.29) is 5.91 Å². The molecule has 0 atom stereocenters. The summed E-state index contributed by atoms with van der Waals surface area (Å²) in [6, 6.07) is 15.1. The maximum absolute atomic E-state index is 12.9. The van der Waals surface area contributed by atoms with E-state index < -0.39 is 5.41 Å². The van der Waals surface area contributed by atoms with Gasteiger partial charge >= 0.3 is 0 Å². The third-order valence-corrected chi connectivity index (χ3v) is 6.36. The molecule has 0 N–H and O–H groups in total. The Bertz CT molecular complexity index is 921. The zero-order valence-electron chi connectivity index (χ0n) is 17.3. The summed E-state index contributed by atoms with van der Waals surface area (Å²) in [7, 11) is 0. The van der Waals surface area contributed by atoms with Crippen LogP contribution in [0.2, 0.25) is 0 Å². The van der Waals surface area contributed by atoms with Crippen LogP contribution >= 0.6 is 0 Å². The van der Waals surface area contributed by atoms with Gasteiger partial charge in [0.05, 0.1) is 22.7 Å². The van der Waals surface area contributed by atoms with Gasteiger partial charge in [-0.1, -0.05) is 24.3 Å². The van der Waals surface area contributed by atoms with Crippen LogP contribution in [0.4, 0.5) is 0 Å². The SMILES string of the molecule is CC(C)(C#N)c1ccc(C(=O)N2CCC(N3CCc4ccccc4C3)CC2)cn1. The fourth-order valence-corrected chi connectivity index (χ4v) is 4.39. The second kappa shape index (κ2) is 7.96. The molecule has 1 aromatic carbocycles. The molecule has 3 heterocycles. The molecule has 0 bridgehead atoms. The Labute approximate surface area is 173 Å². The van der Waals surface area contributed by atoms with Gasteiger partial charge < -0.3 is 4.90 Å². The van der Waals surface area contributed by atoms with Crippen LogP contribution in [-0.4, -0.2) is 46.4 Å². The molecular formula is C24H28N4O. The molecule has 2 aromatic rings. The number of likely N-dealkylation sites (tertiary alicyclic amines) is 1. The fraction of sp³-hybridized carbons (Fsp3) is 0.458. The molecule has 2 aliphatic rings. The van der Waals surface area contributed by atoms with E-state index in [1.54, 1.807) is 18.3 Å². The zero-order valence-corrected chi connectivity index (χ0v) is 17.3. The number of benzene rings is 1. The van der Waals surface area contributed by atoms with Gasteiger partial charge in [-0.25, -0.2) is 0 Å². The van der Waals surface area contributed by atoms with Crippen LogP contribution in [0.25, 0.3) is 0 Å². The molecule has 0 aliphatic carbocycles. The number of aromatic nitrogens is 1. The Morgan fingerprint density at radius 3 is 2.48 bits per heavy atom. The van der Waals surface area contributed by atoms with Crippen molar-refractivity contribution in [2.75, 3.05) is 19.6 Å². The lowest BCUT2D eigenvalue weighted by molar-refractivity contribution is 0.0599. The lowest BCUT2D eigenvalue weighted by atomic mass is 9.90. The molecule has 1 saturated heterocycles. The summed E-state index contributed by atoms with van der Waals surface area (Å²) < 4.78 is 0. The minimum atomic E-state index is -0.646. The predicted octanol–water partition coefficient (Wildman–Crippen LogP) is 3.55. The second-order valence-corrected chi connectivity index (χ2v) is 8.68. The van der Waals surface area contributed by atoms with Crippen LogP contribution in [0.3, 0.4) is 0 Å². The van der Waals surface area contributed by atoms with Gasteiger partial charge in [0.1, 0.15) is 0 Å². The predicted molar refractivity (Wildman–Crippen MR) is 112 cm³/mol. The van der Waals surface area contributed by atoms with Crippen molar-refractivity contribution in [3.63, 3.8) is 0 Å². The van der Waals surface area contributed by atoms with E-state index in [9.17, 15) is 10.1 Å². The van der Waals surface area contributed by atoms with Crippen LogP contribution in [-0.2, 0) is 18.4 Å². The maximum Gasteiger partial charge on any atom is 0.255 e. The molecule has 0 saturated carbocycles. The smallest absolute Gasteiger partial charge is 0.255 e. The molecular weight excluding hydrogens is 360 g/mol. The fourth-order valence-electron chi connectivity index (χ4n) is 4.39. The van der Waals surface area contributed by atoms with Crippen LogP contribution in [0.15, 0.2) is 42.6 Å².